The summed E-state index contributed by atoms with van der Waals surface area (Å²) in [5, 5.41) is 2.81. The minimum atomic E-state index is 0. The van der Waals surface area contributed by atoms with Crippen LogP contribution in [0.1, 0.15) is 22.3 Å². The zero-order chi connectivity index (χ0) is 12.2. The number of halogens is 2. The Morgan fingerprint density at radius 1 is 0.800 bits per heavy atom. The van der Waals surface area contributed by atoms with E-state index in [4.69, 9.17) is 0 Å². The third-order valence-electron chi connectivity index (χ3n) is 3.64. The molecule has 20 heavy (non-hydrogen) atoms. The van der Waals surface area contributed by atoms with Crippen LogP contribution in [-0.4, -0.2) is 0 Å². The first-order chi connectivity index (χ1) is 8.06. The van der Waals surface area contributed by atoms with Gasteiger partial charge in [-0.15, -0.1) is 65.3 Å². The molecule has 1 aromatic carbocycles. The first kappa shape index (κ1) is 19.8. The Morgan fingerprint density at radius 3 is 2.10 bits per heavy atom. The van der Waals surface area contributed by atoms with Crippen LogP contribution in [0.2, 0.25) is 0 Å². The number of hydrogen-bond acceptors (Lipinski definition) is 0. The Labute approximate surface area is 152 Å². The molecule has 3 rings (SSSR count). The number of benzene rings is 2. The van der Waals surface area contributed by atoms with Crippen molar-refractivity contribution in [3.05, 3.63) is 52.6 Å². The van der Waals surface area contributed by atoms with Gasteiger partial charge in [-0.2, -0.15) is 0 Å². The molecule has 0 N–H and O–H groups in total. The summed E-state index contributed by atoms with van der Waals surface area (Å²) in [6, 6.07) is 11.5. The van der Waals surface area contributed by atoms with Gasteiger partial charge in [0.05, 0.1) is 0 Å². The fourth-order valence-electron chi connectivity index (χ4n) is 2.93. The quantitative estimate of drug-likeness (QED) is 0.433. The van der Waals surface area contributed by atoms with Crippen molar-refractivity contribution in [1.29, 1.82) is 0 Å². The largest absolute Gasteiger partial charge is 0.147 e. The van der Waals surface area contributed by atoms with Crippen LogP contribution in [0.4, 0.5) is 0 Å². The number of rotatable bonds is 0. The van der Waals surface area contributed by atoms with Crippen LogP contribution < -0.4 is 0 Å². The smallest absolute Gasteiger partial charge is 0 e. The molecule has 0 unspecified atom stereocenters. The molecule has 0 atom stereocenters. The average molecular weight is 385 g/mol. The van der Waals surface area contributed by atoms with Crippen molar-refractivity contribution in [3.8, 4) is 11.1 Å². The molecular weight excluding hydrogens is 366 g/mol. The average Bonchev–Trinajstić information content (AvgIpc) is 2.58. The third kappa shape index (κ3) is 3.16. The summed E-state index contributed by atoms with van der Waals surface area (Å²) >= 11 is 0. The maximum atomic E-state index is 2.34. The van der Waals surface area contributed by atoms with E-state index in [1.54, 1.807) is 0 Å². The van der Waals surface area contributed by atoms with Crippen molar-refractivity contribution in [3.63, 3.8) is 0 Å². The molecular formula is C17H19Cl2Zr-. The fourth-order valence-corrected chi connectivity index (χ4v) is 2.93. The zero-order valence-corrected chi connectivity index (χ0v) is 16.3. The summed E-state index contributed by atoms with van der Waals surface area (Å²) in [7, 11) is 0. The molecule has 106 valence electrons. The topological polar surface area (TPSA) is 0 Å². The molecule has 0 heterocycles. The van der Waals surface area contributed by atoms with Crippen LogP contribution in [0.25, 0.3) is 21.9 Å². The SMILES string of the molecule is Cc1cc(C)c2cc3[c-](C)cc(C)cc-3c2c1.Cl.Cl.[Zr]. The van der Waals surface area contributed by atoms with Crippen molar-refractivity contribution in [2.24, 2.45) is 0 Å². The van der Waals surface area contributed by atoms with E-state index in [-0.39, 0.29) is 51.0 Å². The van der Waals surface area contributed by atoms with E-state index in [9.17, 15) is 0 Å². The molecule has 1 aromatic rings. The van der Waals surface area contributed by atoms with E-state index in [1.807, 2.05) is 0 Å². The Balaban J connectivity index is 0.00000120. The number of fused-ring (bicyclic) bond motifs is 3. The van der Waals surface area contributed by atoms with Gasteiger partial charge in [0.15, 0.2) is 0 Å². The number of hydrogen-bond donors (Lipinski definition) is 0. The Bertz CT molecular complexity index is 698. The maximum Gasteiger partial charge on any atom is 0 e. The van der Waals surface area contributed by atoms with E-state index in [2.05, 4.69) is 58.0 Å². The van der Waals surface area contributed by atoms with Crippen molar-refractivity contribution >= 4 is 35.6 Å². The molecule has 0 aromatic heterocycles. The Hall–Kier alpha value is -0.227. The van der Waals surface area contributed by atoms with E-state index in [1.165, 1.54) is 44.2 Å². The first-order valence-corrected chi connectivity index (χ1v) is 6.14. The summed E-state index contributed by atoms with van der Waals surface area (Å²) in [5.41, 5.74) is 8.27. The monoisotopic (exact) mass is 383 g/mol. The van der Waals surface area contributed by atoms with E-state index in [0.717, 1.165) is 0 Å². The maximum absolute atomic E-state index is 2.34. The predicted molar refractivity (Wildman–Crippen MR) is 89.6 cm³/mol. The van der Waals surface area contributed by atoms with Gasteiger partial charge in [0, 0.05) is 26.2 Å². The Morgan fingerprint density at radius 2 is 1.45 bits per heavy atom. The van der Waals surface area contributed by atoms with Gasteiger partial charge in [0.2, 0.25) is 0 Å². The summed E-state index contributed by atoms with van der Waals surface area (Å²) in [6.45, 7) is 8.76. The van der Waals surface area contributed by atoms with Gasteiger partial charge in [0.25, 0.3) is 0 Å². The minimum absolute atomic E-state index is 0. The van der Waals surface area contributed by atoms with Gasteiger partial charge in [-0.05, 0) is 13.8 Å². The van der Waals surface area contributed by atoms with Gasteiger partial charge in [0.1, 0.15) is 0 Å². The van der Waals surface area contributed by atoms with Gasteiger partial charge < -0.3 is 0 Å². The van der Waals surface area contributed by atoms with Crippen molar-refractivity contribution in [2.75, 3.05) is 0 Å². The standard InChI is InChI=1S/C17H17.2ClH.Zr/c1-10-5-12(3)14-9-15-13(4)6-11(2)8-17(15)16(14)7-10;;;/h5-9H,1-4H3;2*1H;/q-1;;;. The minimum Gasteiger partial charge on any atom is -0.147 e. The normalized spacial score (nSPS) is 9.80. The molecule has 0 amide bonds. The summed E-state index contributed by atoms with van der Waals surface area (Å²) < 4.78 is 0. The molecule has 0 saturated heterocycles. The second-order valence-corrected chi connectivity index (χ2v) is 5.23. The molecule has 0 radical (unpaired) electrons. The van der Waals surface area contributed by atoms with Gasteiger partial charge in [-0.3, -0.25) is 0 Å². The molecule has 0 aliphatic heterocycles. The zero-order valence-electron chi connectivity index (χ0n) is 12.2. The third-order valence-corrected chi connectivity index (χ3v) is 3.64. The van der Waals surface area contributed by atoms with Crippen LogP contribution in [0.15, 0.2) is 30.3 Å². The second-order valence-electron chi connectivity index (χ2n) is 5.23. The molecule has 0 fully saturated rings. The fraction of sp³-hybridized carbons (Fsp3) is 0.235. The summed E-state index contributed by atoms with van der Waals surface area (Å²) in [5.74, 6) is 0. The first-order valence-electron chi connectivity index (χ1n) is 6.14. The van der Waals surface area contributed by atoms with Crippen LogP contribution in [0.5, 0.6) is 0 Å². The van der Waals surface area contributed by atoms with Crippen LogP contribution in [0, 0.1) is 27.7 Å². The van der Waals surface area contributed by atoms with Crippen molar-refractivity contribution < 1.29 is 26.2 Å². The van der Waals surface area contributed by atoms with E-state index >= 15 is 0 Å². The molecule has 0 saturated carbocycles. The van der Waals surface area contributed by atoms with Gasteiger partial charge >= 0.3 is 0 Å². The van der Waals surface area contributed by atoms with Crippen LogP contribution in [0.3, 0.4) is 0 Å². The van der Waals surface area contributed by atoms with Crippen LogP contribution in [-0.2, 0) is 26.2 Å². The van der Waals surface area contributed by atoms with E-state index < -0.39 is 0 Å². The molecule has 3 heteroatoms. The molecule has 0 bridgehead atoms. The Kier molecular flexibility index (Phi) is 7.08. The molecule has 0 spiro atoms. The molecule has 2 aliphatic rings. The second kappa shape index (κ2) is 7.16. The summed E-state index contributed by atoms with van der Waals surface area (Å²) in [6.07, 6.45) is 0. The van der Waals surface area contributed by atoms with Crippen molar-refractivity contribution in [1.82, 2.24) is 0 Å². The number of aryl methyl sites for hydroxylation is 4. The van der Waals surface area contributed by atoms with Gasteiger partial charge in [-0.25, -0.2) is 0 Å². The predicted octanol–water partition coefficient (Wildman–Crippen LogP) is 5.74. The van der Waals surface area contributed by atoms with Crippen molar-refractivity contribution in [2.45, 2.75) is 27.7 Å². The summed E-state index contributed by atoms with van der Waals surface area (Å²) in [4.78, 5) is 0. The molecule has 2 aliphatic carbocycles. The van der Waals surface area contributed by atoms with Crippen LogP contribution >= 0.6 is 24.8 Å². The van der Waals surface area contributed by atoms with Gasteiger partial charge in [-0.1, -0.05) is 47.9 Å². The van der Waals surface area contributed by atoms with E-state index in [0.29, 0.717) is 0 Å². The molecule has 0 nitrogen and oxygen atoms in total.